The number of rotatable bonds is 4. The number of phenols is 1. The minimum atomic E-state index is -1.28. The Bertz CT molecular complexity index is 679. The summed E-state index contributed by atoms with van der Waals surface area (Å²) in [5, 5.41) is 29.8. The van der Waals surface area contributed by atoms with E-state index in [0.29, 0.717) is 11.1 Å². The highest BCUT2D eigenvalue weighted by Crippen LogP contribution is 2.22. The first-order valence-corrected chi connectivity index (χ1v) is 6.08. The number of hydrogen-bond acceptors (Lipinski definition) is 4. The monoisotopic (exact) mass is 287 g/mol. The van der Waals surface area contributed by atoms with E-state index in [-0.39, 0.29) is 23.6 Å². The first-order valence-electron chi connectivity index (χ1n) is 6.08. The topological polar surface area (TPSA) is 107 Å². The van der Waals surface area contributed by atoms with Crippen LogP contribution in [0.3, 0.4) is 0 Å². The van der Waals surface area contributed by atoms with Crippen LogP contribution in [-0.4, -0.2) is 27.2 Å². The van der Waals surface area contributed by atoms with Crippen LogP contribution >= 0.6 is 0 Å². The number of benzene rings is 2. The molecule has 2 aromatic carbocycles. The van der Waals surface area contributed by atoms with Crippen LogP contribution in [-0.2, 0) is 6.61 Å². The number of hydrogen-bond donors (Lipinski definition) is 4. The Morgan fingerprint density at radius 3 is 2.29 bits per heavy atom. The van der Waals surface area contributed by atoms with Gasteiger partial charge in [0.15, 0.2) is 0 Å². The van der Waals surface area contributed by atoms with Gasteiger partial charge in [0.05, 0.1) is 6.61 Å². The zero-order chi connectivity index (χ0) is 15.4. The highest BCUT2D eigenvalue weighted by atomic mass is 16.4. The van der Waals surface area contributed by atoms with Gasteiger partial charge in [0.1, 0.15) is 11.3 Å². The summed E-state index contributed by atoms with van der Waals surface area (Å²) in [6.07, 6.45) is 0. The van der Waals surface area contributed by atoms with Gasteiger partial charge in [-0.3, -0.25) is 4.79 Å². The molecular weight excluding hydrogens is 274 g/mol. The molecule has 6 heteroatoms. The number of carbonyl (C=O) groups excluding carboxylic acids is 1. The smallest absolute Gasteiger partial charge is 0.339 e. The highest BCUT2D eigenvalue weighted by molar-refractivity contribution is 6.05. The third kappa shape index (κ3) is 3.37. The molecule has 0 aliphatic heterocycles. The molecule has 0 aromatic heterocycles. The second kappa shape index (κ2) is 6.06. The predicted molar refractivity (Wildman–Crippen MR) is 75.4 cm³/mol. The Morgan fingerprint density at radius 1 is 1.05 bits per heavy atom. The lowest BCUT2D eigenvalue weighted by Gasteiger charge is -2.07. The summed E-state index contributed by atoms with van der Waals surface area (Å²) in [7, 11) is 0. The molecule has 6 nitrogen and oxygen atoms in total. The average Bonchev–Trinajstić information content (AvgIpc) is 2.49. The van der Waals surface area contributed by atoms with Crippen LogP contribution in [0.25, 0.3) is 0 Å². The summed E-state index contributed by atoms with van der Waals surface area (Å²) in [5.41, 5.74) is 1.03. The Kier molecular flexibility index (Phi) is 4.20. The minimum Gasteiger partial charge on any atom is -0.507 e. The van der Waals surface area contributed by atoms with Crippen LogP contribution in [0.5, 0.6) is 5.75 Å². The summed E-state index contributed by atoms with van der Waals surface area (Å²) in [5.74, 6) is -2.06. The lowest BCUT2D eigenvalue weighted by Crippen LogP contribution is -2.12. The third-order valence-electron chi connectivity index (χ3n) is 2.88. The second-order valence-electron chi connectivity index (χ2n) is 4.35. The summed E-state index contributed by atoms with van der Waals surface area (Å²) in [6, 6.07) is 10.1. The summed E-state index contributed by atoms with van der Waals surface area (Å²) in [4.78, 5) is 22.9. The number of aromatic carboxylic acids is 1. The molecule has 0 radical (unpaired) electrons. The van der Waals surface area contributed by atoms with E-state index in [1.165, 1.54) is 18.2 Å². The van der Waals surface area contributed by atoms with Crippen LogP contribution in [0.2, 0.25) is 0 Å². The predicted octanol–water partition coefficient (Wildman–Crippen LogP) is 1.83. The number of aromatic hydroxyl groups is 1. The molecule has 1 amide bonds. The van der Waals surface area contributed by atoms with Crippen LogP contribution in [0, 0.1) is 0 Å². The van der Waals surface area contributed by atoms with Crippen molar-refractivity contribution in [2.75, 3.05) is 5.32 Å². The lowest BCUT2D eigenvalue weighted by atomic mass is 10.1. The van der Waals surface area contributed by atoms with Gasteiger partial charge in [-0.25, -0.2) is 4.79 Å². The van der Waals surface area contributed by atoms with Crippen molar-refractivity contribution in [1.82, 2.24) is 0 Å². The van der Waals surface area contributed by atoms with Crippen molar-refractivity contribution in [1.29, 1.82) is 0 Å². The largest absolute Gasteiger partial charge is 0.507 e. The number of carboxylic acid groups (broad SMARTS) is 1. The molecule has 2 rings (SSSR count). The lowest BCUT2D eigenvalue weighted by molar-refractivity contribution is 0.0693. The van der Waals surface area contributed by atoms with E-state index in [2.05, 4.69) is 5.32 Å². The molecule has 4 N–H and O–H groups in total. The van der Waals surface area contributed by atoms with Crippen molar-refractivity contribution in [2.45, 2.75) is 6.61 Å². The molecule has 108 valence electrons. The van der Waals surface area contributed by atoms with Crippen LogP contribution in [0.1, 0.15) is 26.3 Å². The van der Waals surface area contributed by atoms with Gasteiger partial charge in [-0.15, -0.1) is 0 Å². The van der Waals surface area contributed by atoms with E-state index in [4.69, 9.17) is 10.2 Å². The quantitative estimate of drug-likeness (QED) is 0.642. The number of aliphatic hydroxyl groups is 1. The zero-order valence-electron chi connectivity index (χ0n) is 10.9. The normalized spacial score (nSPS) is 10.1. The van der Waals surface area contributed by atoms with Gasteiger partial charge in [-0.2, -0.15) is 0 Å². The van der Waals surface area contributed by atoms with Crippen molar-refractivity contribution in [3.8, 4) is 5.75 Å². The number of carboxylic acids is 1. The maximum Gasteiger partial charge on any atom is 0.339 e. The van der Waals surface area contributed by atoms with Crippen LogP contribution < -0.4 is 5.32 Å². The van der Waals surface area contributed by atoms with E-state index < -0.39 is 11.9 Å². The molecule has 0 aliphatic rings. The maximum atomic E-state index is 12.0. The average molecular weight is 287 g/mol. The van der Waals surface area contributed by atoms with Crippen LogP contribution in [0.4, 0.5) is 5.69 Å². The molecular formula is C15H13NO5. The molecule has 0 atom stereocenters. The number of aliphatic hydroxyl groups excluding tert-OH is 1. The third-order valence-corrected chi connectivity index (χ3v) is 2.88. The van der Waals surface area contributed by atoms with Crippen LogP contribution in [0.15, 0.2) is 42.5 Å². The zero-order valence-corrected chi connectivity index (χ0v) is 10.9. The molecule has 0 saturated carbocycles. The van der Waals surface area contributed by atoms with E-state index >= 15 is 0 Å². The maximum absolute atomic E-state index is 12.0. The molecule has 0 bridgehead atoms. The summed E-state index contributed by atoms with van der Waals surface area (Å²) < 4.78 is 0. The Balaban J connectivity index is 2.19. The minimum absolute atomic E-state index is 0.109. The highest BCUT2D eigenvalue weighted by Gasteiger charge is 2.12. The van der Waals surface area contributed by atoms with Crippen molar-refractivity contribution in [3.63, 3.8) is 0 Å². The number of amides is 1. The van der Waals surface area contributed by atoms with Crippen molar-refractivity contribution in [2.24, 2.45) is 0 Å². The van der Waals surface area contributed by atoms with Gasteiger partial charge in [-0.1, -0.05) is 12.1 Å². The first-order chi connectivity index (χ1) is 10.0. The molecule has 21 heavy (non-hydrogen) atoms. The van der Waals surface area contributed by atoms with Gasteiger partial charge in [0.2, 0.25) is 0 Å². The Labute approximate surface area is 120 Å². The summed E-state index contributed by atoms with van der Waals surface area (Å²) in [6.45, 7) is -0.109. The van der Waals surface area contributed by atoms with Crippen molar-refractivity contribution in [3.05, 3.63) is 59.2 Å². The second-order valence-corrected chi connectivity index (χ2v) is 4.35. The molecule has 0 unspecified atom stereocenters. The van der Waals surface area contributed by atoms with Gasteiger partial charge < -0.3 is 20.6 Å². The van der Waals surface area contributed by atoms with E-state index in [0.717, 1.165) is 0 Å². The molecule has 0 aliphatic carbocycles. The van der Waals surface area contributed by atoms with Crippen molar-refractivity contribution < 1.29 is 24.9 Å². The Morgan fingerprint density at radius 2 is 1.71 bits per heavy atom. The van der Waals surface area contributed by atoms with Gasteiger partial charge in [0, 0.05) is 11.3 Å². The standard InChI is InChI=1S/C15H13NO5/c17-8-9-1-3-10(4-2-9)14(19)16-11-5-6-13(18)12(7-11)15(20)21/h1-7,17-18H,8H2,(H,16,19)(H,20,21). The van der Waals surface area contributed by atoms with E-state index in [1.807, 2.05) is 0 Å². The summed E-state index contributed by atoms with van der Waals surface area (Å²) >= 11 is 0. The number of carbonyl (C=O) groups is 2. The van der Waals surface area contributed by atoms with Gasteiger partial charge in [0.25, 0.3) is 5.91 Å². The van der Waals surface area contributed by atoms with Crippen molar-refractivity contribution >= 4 is 17.6 Å². The molecule has 0 spiro atoms. The van der Waals surface area contributed by atoms with Gasteiger partial charge >= 0.3 is 5.97 Å². The number of nitrogens with one attached hydrogen (secondary N) is 1. The molecule has 2 aromatic rings. The molecule has 0 saturated heterocycles. The van der Waals surface area contributed by atoms with E-state index in [1.54, 1.807) is 24.3 Å². The molecule has 0 fully saturated rings. The van der Waals surface area contributed by atoms with Gasteiger partial charge in [-0.05, 0) is 35.9 Å². The fourth-order valence-corrected chi connectivity index (χ4v) is 1.75. The van der Waals surface area contributed by atoms with E-state index in [9.17, 15) is 14.7 Å². The fourth-order valence-electron chi connectivity index (χ4n) is 1.75. The SMILES string of the molecule is O=C(Nc1ccc(O)c(C(=O)O)c1)c1ccc(CO)cc1. The fraction of sp³-hybridized carbons (Fsp3) is 0.0667. The number of anilines is 1. The molecule has 0 heterocycles. The Hall–Kier alpha value is -2.86. The first kappa shape index (κ1) is 14.5.